The van der Waals surface area contributed by atoms with Crippen molar-refractivity contribution in [1.29, 1.82) is 0 Å². The molecule has 0 fully saturated rings. The first-order valence-electron chi connectivity index (χ1n) is 16.2. The molecule has 0 bridgehead atoms. The summed E-state index contributed by atoms with van der Waals surface area (Å²) in [5.41, 5.74) is 15.9. The second-order valence-electron chi connectivity index (χ2n) is 13.2. The van der Waals surface area contributed by atoms with Crippen molar-refractivity contribution in [3.8, 4) is 44.8 Å². The van der Waals surface area contributed by atoms with Crippen LogP contribution in [0.2, 0.25) is 0 Å². The van der Waals surface area contributed by atoms with Gasteiger partial charge in [0.25, 0.3) is 0 Å². The minimum absolute atomic E-state index is 0.126. The van der Waals surface area contributed by atoms with Crippen LogP contribution < -0.4 is 0 Å². The SMILES string of the molecule is CC1(C)c2cc3c(cc2-c2cccc(-c4ccc(-c5ncc6ccccc6n5)c5ccccc45)c21)-c1ccccc1CCCC3. The summed E-state index contributed by atoms with van der Waals surface area (Å²) >= 11 is 0. The Labute approximate surface area is 264 Å². The molecule has 9 rings (SSSR count). The van der Waals surface area contributed by atoms with Gasteiger partial charge < -0.3 is 0 Å². The molecule has 0 amide bonds. The predicted octanol–water partition coefficient (Wildman–Crippen LogP) is 11.0. The first-order chi connectivity index (χ1) is 22.1. The minimum Gasteiger partial charge on any atom is -0.236 e. The molecule has 2 aliphatic carbocycles. The van der Waals surface area contributed by atoms with Crippen LogP contribution in [0.4, 0.5) is 0 Å². The summed E-state index contributed by atoms with van der Waals surface area (Å²) in [5, 5.41) is 3.46. The average molecular weight is 579 g/mol. The second kappa shape index (κ2) is 9.97. The van der Waals surface area contributed by atoms with Gasteiger partial charge >= 0.3 is 0 Å². The van der Waals surface area contributed by atoms with Gasteiger partial charge in [-0.1, -0.05) is 111 Å². The van der Waals surface area contributed by atoms with Gasteiger partial charge in [-0.3, -0.25) is 0 Å². The highest BCUT2D eigenvalue weighted by Gasteiger charge is 2.38. The quantitative estimate of drug-likeness (QED) is 0.204. The highest BCUT2D eigenvalue weighted by molar-refractivity contribution is 6.06. The maximum Gasteiger partial charge on any atom is 0.160 e. The molecule has 1 heterocycles. The first kappa shape index (κ1) is 26.3. The van der Waals surface area contributed by atoms with Crippen LogP contribution in [0.1, 0.15) is 48.9 Å². The highest BCUT2D eigenvalue weighted by atomic mass is 14.9. The monoisotopic (exact) mass is 578 g/mol. The Balaban J connectivity index is 1.24. The molecule has 1 aromatic heterocycles. The van der Waals surface area contributed by atoms with E-state index in [0.717, 1.165) is 35.1 Å². The predicted molar refractivity (Wildman–Crippen MR) is 188 cm³/mol. The molecule has 2 nitrogen and oxygen atoms in total. The van der Waals surface area contributed by atoms with Crippen LogP contribution >= 0.6 is 0 Å². The number of nitrogens with zero attached hydrogens (tertiary/aromatic N) is 2. The molecule has 2 aliphatic rings. The zero-order valence-corrected chi connectivity index (χ0v) is 25.8. The van der Waals surface area contributed by atoms with E-state index < -0.39 is 0 Å². The van der Waals surface area contributed by atoms with E-state index >= 15 is 0 Å². The topological polar surface area (TPSA) is 25.8 Å². The van der Waals surface area contributed by atoms with Crippen LogP contribution in [0.3, 0.4) is 0 Å². The first-order valence-corrected chi connectivity index (χ1v) is 16.2. The fourth-order valence-corrected chi connectivity index (χ4v) is 8.11. The molecule has 7 aromatic rings. The van der Waals surface area contributed by atoms with Gasteiger partial charge in [0, 0.05) is 22.6 Å². The summed E-state index contributed by atoms with van der Waals surface area (Å²) in [6.45, 7) is 4.84. The third-order valence-electron chi connectivity index (χ3n) is 10.3. The molecule has 216 valence electrons. The van der Waals surface area contributed by atoms with E-state index in [9.17, 15) is 0 Å². The number of hydrogen-bond acceptors (Lipinski definition) is 2. The van der Waals surface area contributed by atoms with Gasteiger partial charge in [0.1, 0.15) is 0 Å². The van der Waals surface area contributed by atoms with Gasteiger partial charge in [-0.05, 0) is 110 Å². The van der Waals surface area contributed by atoms with Crippen molar-refractivity contribution in [2.75, 3.05) is 0 Å². The lowest BCUT2D eigenvalue weighted by Gasteiger charge is -2.26. The smallest absolute Gasteiger partial charge is 0.160 e. The van der Waals surface area contributed by atoms with Gasteiger partial charge in [-0.2, -0.15) is 0 Å². The Morgan fingerprint density at radius 1 is 0.533 bits per heavy atom. The fourth-order valence-electron chi connectivity index (χ4n) is 8.11. The second-order valence-corrected chi connectivity index (χ2v) is 13.2. The van der Waals surface area contributed by atoms with E-state index in [1.54, 1.807) is 0 Å². The maximum atomic E-state index is 4.96. The third-order valence-corrected chi connectivity index (χ3v) is 10.3. The van der Waals surface area contributed by atoms with Crippen LogP contribution in [0, 0.1) is 0 Å². The summed E-state index contributed by atoms with van der Waals surface area (Å²) in [5.74, 6) is 0.764. The van der Waals surface area contributed by atoms with E-state index in [1.807, 2.05) is 18.3 Å². The van der Waals surface area contributed by atoms with Crippen LogP contribution in [0.25, 0.3) is 66.4 Å². The zero-order valence-electron chi connectivity index (χ0n) is 25.8. The lowest BCUT2D eigenvalue weighted by molar-refractivity contribution is 0.659. The molecular weight excluding hydrogens is 544 g/mol. The molecule has 0 spiro atoms. The summed E-state index contributed by atoms with van der Waals surface area (Å²) in [4.78, 5) is 9.76. The Bertz CT molecular complexity index is 2310. The van der Waals surface area contributed by atoms with Gasteiger partial charge in [0.2, 0.25) is 0 Å². The number of aromatic nitrogens is 2. The number of para-hydroxylation sites is 1. The van der Waals surface area contributed by atoms with Gasteiger partial charge in [0.15, 0.2) is 5.82 Å². The number of rotatable bonds is 2. The van der Waals surface area contributed by atoms with E-state index in [-0.39, 0.29) is 5.41 Å². The lowest BCUT2D eigenvalue weighted by Crippen LogP contribution is -2.17. The van der Waals surface area contributed by atoms with Crippen LogP contribution in [-0.2, 0) is 18.3 Å². The van der Waals surface area contributed by atoms with Gasteiger partial charge in [-0.15, -0.1) is 0 Å². The number of fused-ring (bicyclic) bond motifs is 8. The third kappa shape index (κ3) is 4.02. The molecule has 6 aromatic carbocycles. The molecule has 0 aliphatic heterocycles. The van der Waals surface area contributed by atoms with E-state index in [2.05, 4.69) is 117 Å². The molecule has 2 heteroatoms. The minimum atomic E-state index is -0.126. The standard InChI is InChI=1S/C43H34N2/c1-43(2)39-24-28-14-4-3-12-27-13-5-7-16-30(27)37(28)25-38(39)35-20-11-19-34(41(35)43)33-22-23-36(32-18-9-8-17-31(32)33)42-44-26-29-15-6-10-21-40(29)45-42/h5-11,13,15-26H,3-4,12,14H2,1-2H3. The summed E-state index contributed by atoms with van der Waals surface area (Å²) in [6, 6.07) is 42.5. The summed E-state index contributed by atoms with van der Waals surface area (Å²) in [7, 11) is 0. The molecular formula is C43H34N2. The van der Waals surface area contributed by atoms with Crippen LogP contribution in [0.15, 0.2) is 121 Å². The maximum absolute atomic E-state index is 4.96. The van der Waals surface area contributed by atoms with E-state index in [0.29, 0.717) is 0 Å². The highest BCUT2D eigenvalue weighted by Crippen LogP contribution is 2.54. The van der Waals surface area contributed by atoms with Crippen molar-refractivity contribution in [1.82, 2.24) is 9.97 Å². The molecule has 45 heavy (non-hydrogen) atoms. The molecule has 0 saturated heterocycles. The Morgan fingerprint density at radius 3 is 2.07 bits per heavy atom. The zero-order chi connectivity index (χ0) is 30.1. The number of aryl methyl sites for hydroxylation is 2. The number of hydrogen-bond donors (Lipinski definition) is 0. The van der Waals surface area contributed by atoms with Crippen LogP contribution in [-0.4, -0.2) is 9.97 Å². The van der Waals surface area contributed by atoms with Crippen LogP contribution in [0.5, 0.6) is 0 Å². The van der Waals surface area contributed by atoms with Crippen molar-refractivity contribution in [2.24, 2.45) is 0 Å². The Hall–Kier alpha value is -5.08. The molecule has 0 unspecified atom stereocenters. The van der Waals surface area contributed by atoms with Crippen molar-refractivity contribution >= 4 is 21.7 Å². The van der Waals surface area contributed by atoms with Crippen molar-refractivity contribution in [3.05, 3.63) is 144 Å². The fraction of sp³-hybridized carbons (Fsp3) is 0.163. The van der Waals surface area contributed by atoms with Gasteiger partial charge in [-0.25, -0.2) is 9.97 Å². The molecule has 0 atom stereocenters. The van der Waals surface area contributed by atoms with Crippen molar-refractivity contribution in [3.63, 3.8) is 0 Å². The van der Waals surface area contributed by atoms with Crippen molar-refractivity contribution < 1.29 is 0 Å². The number of benzene rings is 6. The Morgan fingerprint density at radius 2 is 1.20 bits per heavy atom. The Kier molecular flexibility index (Phi) is 5.83. The van der Waals surface area contributed by atoms with E-state index in [1.165, 1.54) is 79.2 Å². The summed E-state index contributed by atoms with van der Waals surface area (Å²) in [6.07, 6.45) is 6.71. The molecule has 0 N–H and O–H groups in total. The van der Waals surface area contributed by atoms with E-state index in [4.69, 9.17) is 9.97 Å². The molecule has 0 radical (unpaired) electrons. The van der Waals surface area contributed by atoms with Crippen molar-refractivity contribution in [2.45, 2.75) is 44.9 Å². The molecule has 0 saturated carbocycles. The average Bonchev–Trinajstić information content (AvgIpc) is 3.30. The van der Waals surface area contributed by atoms with Gasteiger partial charge in [0.05, 0.1) is 5.52 Å². The largest absolute Gasteiger partial charge is 0.236 e. The summed E-state index contributed by atoms with van der Waals surface area (Å²) < 4.78 is 0. The lowest BCUT2D eigenvalue weighted by atomic mass is 9.77. The normalized spacial score (nSPS) is 14.7.